The largest absolute Gasteiger partial charge is 0.384 e. The summed E-state index contributed by atoms with van der Waals surface area (Å²) in [6, 6.07) is 11.8. The molecule has 1 aromatic carbocycles. The maximum absolute atomic E-state index is 7.66. The lowest BCUT2D eigenvalue weighted by Crippen LogP contribution is -2.22. The molecule has 19 heavy (non-hydrogen) atoms. The Morgan fingerprint density at radius 1 is 1.32 bits per heavy atom. The predicted molar refractivity (Wildman–Crippen MR) is 78.5 cm³/mol. The summed E-state index contributed by atoms with van der Waals surface area (Å²) in [5.74, 6) is 0.0860. The van der Waals surface area contributed by atoms with Gasteiger partial charge in [0, 0.05) is 24.5 Å². The number of rotatable bonds is 4. The lowest BCUT2D eigenvalue weighted by Gasteiger charge is -2.22. The molecule has 2 rings (SSSR count). The van der Waals surface area contributed by atoms with Crippen LogP contribution in [0.1, 0.15) is 16.8 Å². The molecule has 0 unspecified atom stereocenters. The third-order valence-electron chi connectivity index (χ3n) is 2.98. The van der Waals surface area contributed by atoms with E-state index in [1.165, 1.54) is 0 Å². The van der Waals surface area contributed by atoms with Gasteiger partial charge in [-0.1, -0.05) is 12.1 Å². The van der Waals surface area contributed by atoms with Crippen molar-refractivity contribution in [3.8, 4) is 0 Å². The number of nitrogen functional groups attached to an aromatic ring is 1. The first-order valence-electron chi connectivity index (χ1n) is 6.14. The van der Waals surface area contributed by atoms with Crippen LogP contribution in [-0.4, -0.2) is 17.9 Å². The lowest BCUT2D eigenvalue weighted by atomic mass is 10.1. The number of nitrogens with two attached hydrogens (primary N) is 1. The van der Waals surface area contributed by atoms with Crippen LogP contribution in [0.5, 0.6) is 0 Å². The topological polar surface area (TPSA) is 66.0 Å². The molecule has 0 radical (unpaired) electrons. The third kappa shape index (κ3) is 3.10. The van der Waals surface area contributed by atoms with E-state index in [4.69, 9.17) is 11.1 Å². The number of pyridine rings is 1. The van der Waals surface area contributed by atoms with E-state index in [1.54, 1.807) is 6.20 Å². The molecule has 1 heterocycles. The molecular weight excluding hydrogens is 236 g/mol. The van der Waals surface area contributed by atoms with Gasteiger partial charge in [0.05, 0.1) is 12.2 Å². The predicted octanol–water partition coefficient (Wildman–Crippen LogP) is 2.31. The van der Waals surface area contributed by atoms with Crippen LogP contribution >= 0.6 is 0 Å². The van der Waals surface area contributed by atoms with Crippen molar-refractivity contribution in [1.82, 2.24) is 4.98 Å². The molecule has 0 spiro atoms. The van der Waals surface area contributed by atoms with Crippen LogP contribution < -0.4 is 10.6 Å². The molecule has 0 amide bonds. The van der Waals surface area contributed by atoms with Crippen LogP contribution in [0.3, 0.4) is 0 Å². The fourth-order valence-electron chi connectivity index (χ4n) is 2.01. The zero-order valence-electron chi connectivity index (χ0n) is 11.2. The molecule has 2 aromatic rings. The standard InChI is InChI=1S/C15H18N4/c1-11-6-7-13(15(16)17)14(9-11)19(2)10-12-5-3-4-8-18-12/h3-9H,10H2,1-2H3,(H3,16,17). The van der Waals surface area contributed by atoms with E-state index in [0.29, 0.717) is 6.54 Å². The van der Waals surface area contributed by atoms with Crippen molar-refractivity contribution in [1.29, 1.82) is 5.41 Å². The molecule has 0 aliphatic heterocycles. The second kappa shape index (κ2) is 5.52. The Morgan fingerprint density at radius 3 is 2.74 bits per heavy atom. The highest BCUT2D eigenvalue weighted by atomic mass is 15.1. The maximum atomic E-state index is 7.66. The summed E-state index contributed by atoms with van der Waals surface area (Å²) in [4.78, 5) is 6.38. The Morgan fingerprint density at radius 2 is 2.11 bits per heavy atom. The van der Waals surface area contributed by atoms with Gasteiger partial charge in [-0.2, -0.15) is 0 Å². The quantitative estimate of drug-likeness (QED) is 0.650. The number of aryl methyl sites for hydroxylation is 1. The summed E-state index contributed by atoms with van der Waals surface area (Å²) >= 11 is 0. The van der Waals surface area contributed by atoms with E-state index in [0.717, 1.165) is 22.5 Å². The van der Waals surface area contributed by atoms with Crippen molar-refractivity contribution in [3.05, 3.63) is 59.4 Å². The highest BCUT2D eigenvalue weighted by molar-refractivity contribution is 6.00. The molecule has 0 saturated heterocycles. The zero-order chi connectivity index (χ0) is 13.8. The van der Waals surface area contributed by atoms with E-state index in [2.05, 4.69) is 9.88 Å². The molecule has 4 nitrogen and oxygen atoms in total. The minimum absolute atomic E-state index is 0.0860. The lowest BCUT2D eigenvalue weighted by molar-refractivity contribution is 0.883. The average Bonchev–Trinajstić information content (AvgIpc) is 2.39. The molecule has 98 valence electrons. The molecule has 0 atom stereocenters. The van der Waals surface area contributed by atoms with E-state index >= 15 is 0 Å². The van der Waals surface area contributed by atoms with Crippen molar-refractivity contribution in [2.45, 2.75) is 13.5 Å². The molecule has 0 aliphatic carbocycles. The molecule has 1 aromatic heterocycles. The number of hydrogen-bond donors (Lipinski definition) is 2. The highest BCUT2D eigenvalue weighted by Gasteiger charge is 2.10. The van der Waals surface area contributed by atoms with Gasteiger partial charge in [-0.25, -0.2) is 0 Å². The van der Waals surface area contributed by atoms with Gasteiger partial charge in [0.25, 0.3) is 0 Å². The van der Waals surface area contributed by atoms with Gasteiger partial charge in [-0.3, -0.25) is 10.4 Å². The Bertz CT molecular complexity index is 578. The molecule has 3 N–H and O–H groups in total. The van der Waals surface area contributed by atoms with Gasteiger partial charge in [-0.05, 0) is 36.8 Å². The van der Waals surface area contributed by atoms with Crippen LogP contribution in [0.15, 0.2) is 42.6 Å². The van der Waals surface area contributed by atoms with E-state index < -0.39 is 0 Å². The number of nitrogens with one attached hydrogen (secondary N) is 1. The van der Waals surface area contributed by atoms with Crippen molar-refractivity contribution in [2.24, 2.45) is 5.73 Å². The van der Waals surface area contributed by atoms with E-state index in [9.17, 15) is 0 Å². The molecule has 0 bridgehead atoms. The smallest absolute Gasteiger partial charge is 0.124 e. The fourth-order valence-corrected chi connectivity index (χ4v) is 2.01. The van der Waals surface area contributed by atoms with E-state index in [-0.39, 0.29) is 5.84 Å². The fraction of sp³-hybridized carbons (Fsp3) is 0.200. The molecule has 0 saturated carbocycles. The first-order valence-corrected chi connectivity index (χ1v) is 6.14. The Hall–Kier alpha value is -2.36. The summed E-state index contributed by atoms with van der Waals surface area (Å²) in [5, 5.41) is 7.66. The van der Waals surface area contributed by atoms with Gasteiger partial charge in [-0.15, -0.1) is 0 Å². The molecular formula is C15H18N4. The summed E-state index contributed by atoms with van der Waals surface area (Å²) in [6.45, 7) is 2.71. The highest BCUT2D eigenvalue weighted by Crippen LogP contribution is 2.22. The number of nitrogens with zero attached hydrogens (tertiary/aromatic N) is 2. The Balaban J connectivity index is 2.30. The minimum Gasteiger partial charge on any atom is -0.384 e. The van der Waals surface area contributed by atoms with Crippen molar-refractivity contribution < 1.29 is 0 Å². The van der Waals surface area contributed by atoms with Crippen LogP contribution in [-0.2, 0) is 6.54 Å². The van der Waals surface area contributed by atoms with Crippen molar-refractivity contribution in [2.75, 3.05) is 11.9 Å². The monoisotopic (exact) mass is 254 g/mol. The molecule has 0 fully saturated rings. The number of benzene rings is 1. The number of aromatic nitrogens is 1. The van der Waals surface area contributed by atoms with Gasteiger partial charge >= 0.3 is 0 Å². The van der Waals surface area contributed by atoms with E-state index in [1.807, 2.05) is 50.4 Å². The maximum Gasteiger partial charge on any atom is 0.124 e. The van der Waals surface area contributed by atoms with Crippen molar-refractivity contribution >= 4 is 11.5 Å². The van der Waals surface area contributed by atoms with Crippen molar-refractivity contribution in [3.63, 3.8) is 0 Å². The Kier molecular flexibility index (Phi) is 3.80. The normalized spacial score (nSPS) is 10.2. The second-order valence-electron chi connectivity index (χ2n) is 4.61. The summed E-state index contributed by atoms with van der Waals surface area (Å²) in [6.07, 6.45) is 1.78. The van der Waals surface area contributed by atoms with Crippen LogP contribution in [0.2, 0.25) is 0 Å². The van der Waals surface area contributed by atoms with Crippen LogP contribution in [0.25, 0.3) is 0 Å². The molecule has 4 heteroatoms. The van der Waals surface area contributed by atoms with Crippen LogP contribution in [0, 0.1) is 12.3 Å². The van der Waals surface area contributed by atoms with Crippen LogP contribution in [0.4, 0.5) is 5.69 Å². The van der Waals surface area contributed by atoms with Gasteiger partial charge in [0.15, 0.2) is 0 Å². The number of amidine groups is 1. The van der Waals surface area contributed by atoms with Gasteiger partial charge < -0.3 is 10.6 Å². The summed E-state index contributed by atoms with van der Waals surface area (Å²) in [5.41, 5.74) is 9.48. The summed E-state index contributed by atoms with van der Waals surface area (Å²) in [7, 11) is 1.98. The summed E-state index contributed by atoms with van der Waals surface area (Å²) < 4.78 is 0. The number of anilines is 1. The SMILES string of the molecule is Cc1ccc(C(=N)N)c(N(C)Cc2ccccn2)c1. The average molecular weight is 254 g/mol. The Labute approximate surface area is 113 Å². The third-order valence-corrected chi connectivity index (χ3v) is 2.98. The first kappa shape index (κ1) is 13.1. The van der Waals surface area contributed by atoms with Gasteiger partial charge in [0.2, 0.25) is 0 Å². The zero-order valence-corrected chi connectivity index (χ0v) is 11.2. The van der Waals surface area contributed by atoms with Gasteiger partial charge in [0.1, 0.15) is 5.84 Å². The second-order valence-corrected chi connectivity index (χ2v) is 4.61. The molecule has 0 aliphatic rings. The minimum atomic E-state index is 0.0860. The first-order chi connectivity index (χ1) is 9.08. The number of hydrogen-bond acceptors (Lipinski definition) is 3.